The Bertz CT molecular complexity index is 1150. The minimum atomic E-state index is -0.330. The summed E-state index contributed by atoms with van der Waals surface area (Å²) in [5.41, 5.74) is 3.07. The number of carbonyl (C=O) groups is 1. The Labute approximate surface area is 199 Å². The second-order valence-electron chi connectivity index (χ2n) is 8.35. The van der Waals surface area contributed by atoms with Gasteiger partial charge in [-0.15, -0.1) is 0 Å². The average molecular weight is 461 g/mol. The number of hydrogen-bond acceptors (Lipinski definition) is 4. The van der Waals surface area contributed by atoms with Crippen LogP contribution in [-0.4, -0.2) is 36.3 Å². The number of methoxy groups -OCH3 is 1. The summed E-state index contributed by atoms with van der Waals surface area (Å²) in [6.45, 7) is 2.46. The molecule has 0 radical (unpaired) electrons. The fourth-order valence-electron chi connectivity index (χ4n) is 4.34. The fourth-order valence-corrected chi connectivity index (χ4v) is 4.34. The Morgan fingerprint density at radius 1 is 1.09 bits per heavy atom. The zero-order valence-corrected chi connectivity index (χ0v) is 19.5. The quantitative estimate of drug-likeness (QED) is 0.421. The third-order valence-corrected chi connectivity index (χ3v) is 6.11. The van der Waals surface area contributed by atoms with E-state index in [-0.39, 0.29) is 30.3 Å². The first-order valence-corrected chi connectivity index (χ1v) is 11.5. The number of para-hydroxylation sites is 1. The smallest absolute Gasteiger partial charge is 0.230 e. The normalized spacial score (nSPS) is 15.9. The van der Waals surface area contributed by atoms with Crippen LogP contribution in [-0.2, 0) is 16.2 Å². The van der Waals surface area contributed by atoms with Crippen molar-refractivity contribution >= 4 is 11.6 Å². The molecule has 4 rings (SSSR count). The Hall–Kier alpha value is -3.67. The zero-order chi connectivity index (χ0) is 23.9. The molecule has 1 heterocycles. The lowest BCUT2D eigenvalue weighted by molar-refractivity contribution is -0.135. The van der Waals surface area contributed by atoms with Crippen molar-refractivity contribution in [3.63, 3.8) is 0 Å². The summed E-state index contributed by atoms with van der Waals surface area (Å²) in [4.78, 5) is 21.2. The molecule has 176 valence electrons. The van der Waals surface area contributed by atoms with E-state index in [2.05, 4.69) is 5.16 Å². The molecule has 0 saturated carbocycles. The van der Waals surface area contributed by atoms with Crippen molar-refractivity contribution in [1.82, 2.24) is 4.90 Å². The van der Waals surface area contributed by atoms with Gasteiger partial charge in [0.15, 0.2) is 6.10 Å². The topological polar surface area (TPSA) is 51.1 Å². The first kappa shape index (κ1) is 23.5. The van der Waals surface area contributed by atoms with Crippen molar-refractivity contribution in [3.8, 4) is 5.75 Å². The molecule has 6 heteroatoms. The third kappa shape index (κ3) is 5.28. The molecule has 2 unspecified atom stereocenters. The van der Waals surface area contributed by atoms with Gasteiger partial charge in [-0.25, -0.2) is 4.39 Å². The summed E-state index contributed by atoms with van der Waals surface area (Å²) >= 11 is 0. The SMILES string of the molecule is CCC(C(=O)N(Cc1ccccc1F)CC1CC(c2ccccc2OC)=NO1)c1ccccc1. The molecule has 0 bridgehead atoms. The second kappa shape index (κ2) is 11.0. The highest BCUT2D eigenvalue weighted by Gasteiger charge is 2.31. The maximum Gasteiger partial charge on any atom is 0.230 e. The summed E-state index contributed by atoms with van der Waals surface area (Å²) in [7, 11) is 1.62. The van der Waals surface area contributed by atoms with Crippen LogP contribution in [0.1, 0.15) is 42.4 Å². The van der Waals surface area contributed by atoms with Crippen LogP contribution in [0.25, 0.3) is 0 Å². The summed E-state index contributed by atoms with van der Waals surface area (Å²) in [5, 5.41) is 4.28. The van der Waals surface area contributed by atoms with Gasteiger partial charge < -0.3 is 14.5 Å². The number of rotatable bonds is 9. The molecule has 1 amide bonds. The molecule has 3 aromatic rings. The van der Waals surface area contributed by atoms with E-state index >= 15 is 0 Å². The number of benzene rings is 3. The minimum absolute atomic E-state index is 0.0497. The van der Waals surface area contributed by atoms with Gasteiger partial charge in [-0.3, -0.25) is 4.79 Å². The fraction of sp³-hybridized carbons (Fsp3) is 0.286. The zero-order valence-electron chi connectivity index (χ0n) is 19.5. The standard InChI is InChI=1S/C28H29FN2O3/c1-3-23(20-11-5-4-6-12-20)28(32)31(18-21-13-7-9-15-25(21)29)19-22-17-26(30-34-22)24-14-8-10-16-27(24)33-2/h4-16,22-23H,3,17-19H2,1-2H3. The van der Waals surface area contributed by atoms with Gasteiger partial charge in [0.1, 0.15) is 11.6 Å². The molecule has 0 spiro atoms. The molecular formula is C28H29FN2O3. The van der Waals surface area contributed by atoms with Crippen LogP contribution in [0.3, 0.4) is 0 Å². The molecule has 0 fully saturated rings. The molecule has 0 saturated heterocycles. The maximum absolute atomic E-state index is 14.5. The van der Waals surface area contributed by atoms with Crippen LogP contribution in [0, 0.1) is 5.82 Å². The van der Waals surface area contributed by atoms with Gasteiger partial charge >= 0.3 is 0 Å². The van der Waals surface area contributed by atoms with Crippen molar-refractivity contribution in [2.24, 2.45) is 5.16 Å². The maximum atomic E-state index is 14.5. The van der Waals surface area contributed by atoms with Crippen molar-refractivity contribution < 1.29 is 18.8 Å². The number of hydrogen-bond donors (Lipinski definition) is 0. The predicted octanol–water partition coefficient (Wildman–Crippen LogP) is 5.55. The molecule has 5 nitrogen and oxygen atoms in total. The van der Waals surface area contributed by atoms with Gasteiger partial charge in [0, 0.05) is 24.1 Å². The van der Waals surface area contributed by atoms with E-state index in [9.17, 15) is 9.18 Å². The molecule has 2 atom stereocenters. The predicted molar refractivity (Wildman–Crippen MR) is 130 cm³/mol. The van der Waals surface area contributed by atoms with Crippen LogP contribution in [0.2, 0.25) is 0 Å². The summed E-state index contributed by atoms with van der Waals surface area (Å²) in [6.07, 6.45) is 0.846. The largest absolute Gasteiger partial charge is 0.496 e. The number of oxime groups is 1. The van der Waals surface area contributed by atoms with Gasteiger partial charge in [-0.05, 0) is 30.2 Å². The third-order valence-electron chi connectivity index (χ3n) is 6.11. The molecule has 1 aliphatic heterocycles. The van der Waals surface area contributed by atoms with Crippen molar-refractivity contribution in [2.75, 3.05) is 13.7 Å². The van der Waals surface area contributed by atoms with Crippen molar-refractivity contribution in [1.29, 1.82) is 0 Å². The lowest BCUT2D eigenvalue weighted by Crippen LogP contribution is -2.40. The van der Waals surface area contributed by atoms with Crippen molar-refractivity contribution in [2.45, 2.75) is 38.3 Å². The number of halogens is 1. The first-order chi connectivity index (χ1) is 16.6. The molecule has 3 aromatic carbocycles. The average Bonchev–Trinajstić information content (AvgIpc) is 3.34. The van der Waals surface area contributed by atoms with Crippen LogP contribution in [0.4, 0.5) is 4.39 Å². The number of nitrogens with zero attached hydrogens (tertiary/aromatic N) is 2. The Morgan fingerprint density at radius 3 is 2.53 bits per heavy atom. The highest BCUT2D eigenvalue weighted by atomic mass is 19.1. The lowest BCUT2D eigenvalue weighted by Gasteiger charge is -2.29. The molecule has 0 aliphatic carbocycles. The number of carbonyl (C=O) groups excluding carboxylic acids is 1. The Kier molecular flexibility index (Phi) is 7.58. The summed E-state index contributed by atoms with van der Waals surface area (Å²) < 4.78 is 20.0. The van der Waals surface area contributed by atoms with Gasteiger partial charge in [-0.1, -0.05) is 72.7 Å². The summed E-state index contributed by atoms with van der Waals surface area (Å²) in [5.74, 6) is 0.0292. The molecule has 1 aliphatic rings. The van der Waals surface area contributed by atoms with E-state index in [1.807, 2.05) is 61.5 Å². The van der Waals surface area contributed by atoms with Crippen LogP contribution >= 0.6 is 0 Å². The monoisotopic (exact) mass is 460 g/mol. The van der Waals surface area contributed by atoms with Crippen LogP contribution in [0.5, 0.6) is 5.75 Å². The van der Waals surface area contributed by atoms with Gasteiger partial charge in [0.2, 0.25) is 5.91 Å². The highest BCUT2D eigenvalue weighted by molar-refractivity contribution is 6.03. The lowest BCUT2D eigenvalue weighted by atomic mass is 9.94. The van der Waals surface area contributed by atoms with Crippen LogP contribution in [0.15, 0.2) is 84.0 Å². The van der Waals surface area contributed by atoms with E-state index < -0.39 is 0 Å². The van der Waals surface area contributed by atoms with E-state index in [0.29, 0.717) is 24.9 Å². The van der Waals surface area contributed by atoms with E-state index in [4.69, 9.17) is 9.57 Å². The number of amides is 1. The number of ether oxygens (including phenoxy) is 1. The molecule has 0 aromatic heterocycles. The van der Waals surface area contributed by atoms with Crippen LogP contribution < -0.4 is 4.74 Å². The Balaban J connectivity index is 1.55. The summed E-state index contributed by atoms with van der Waals surface area (Å²) in [6, 6.07) is 23.9. The van der Waals surface area contributed by atoms with E-state index in [1.165, 1.54) is 6.07 Å². The minimum Gasteiger partial charge on any atom is -0.496 e. The molecule has 34 heavy (non-hydrogen) atoms. The van der Waals surface area contributed by atoms with E-state index in [1.54, 1.807) is 30.2 Å². The molecular weight excluding hydrogens is 431 g/mol. The van der Waals surface area contributed by atoms with E-state index in [0.717, 1.165) is 22.6 Å². The molecule has 0 N–H and O–H groups in total. The van der Waals surface area contributed by atoms with Crippen molar-refractivity contribution in [3.05, 3.63) is 101 Å². The van der Waals surface area contributed by atoms with Gasteiger partial charge in [0.25, 0.3) is 0 Å². The van der Waals surface area contributed by atoms with Gasteiger partial charge in [-0.2, -0.15) is 0 Å². The second-order valence-corrected chi connectivity index (χ2v) is 8.35. The van der Waals surface area contributed by atoms with Gasteiger partial charge in [0.05, 0.1) is 25.3 Å². The highest BCUT2D eigenvalue weighted by Crippen LogP contribution is 2.28. The first-order valence-electron chi connectivity index (χ1n) is 11.5. The Morgan fingerprint density at radius 2 is 1.79 bits per heavy atom.